The molecular weight excluding hydrogens is 202 g/mol. The lowest BCUT2D eigenvalue weighted by Gasteiger charge is -2.12. The van der Waals surface area contributed by atoms with Crippen LogP contribution in [0.3, 0.4) is 0 Å². The van der Waals surface area contributed by atoms with Crippen LogP contribution in [-0.4, -0.2) is 19.4 Å². The van der Waals surface area contributed by atoms with Gasteiger partial charge in [0.05, 0.1) is 0 Å². The number of ether oxygens (including phenoxy) is 1. The van der Waals surface area contributed by atoms with Crippen molar-refractivity contribution in [2.75, 3.05) is 14.2 Å². The zero-order chi connectivity index (χ0) is 10.4. The van der Waals surface area contributed by atoms with Gasteiger partial charge in [0.2, 0.25) is 0 Å². The molecule has 0 aliphatic heterocycles. The molecular formula is C10H12ClNO2. The Kier molecular flexibility index (Phi) is 4.43. The van der Waals surface area contributed by atoms with Gasteiger partial charge in [-0.2, -0.15) is 0 Å². The Balaban J connectivity index is 2.88. The van der Waals surface area contributed by atoms with E-state index >= 15 is 0 Å². The van der Waals surface area contributed by atoms with Crippen LogP contribution in [0.15, 0.2) is 35.5 Å². The number of methoxy groups -OCH3 is 1. The van der Waals surface area contributed by atoms with Crippen LogP contribution >= 0.6 is 11.6 Å². The van der Waals surface area contributed by atoms with Gasteiger partial charge in [-0.05, 0) is 5.56 Å². The third-order valence-electron chi connectivity index (χ3n) is 1.73. The second-order valence-electron chi connectivity index (χ2n) is 2.62. The van der Waals surface area contributed by atoms with Gasteiger partial charge >= 0.3 is 0 Å². The molecule has 0 heterocycles. The molecule has 0 saturated heterocycles. The predicted octanol–water partition coefficient (Wildman–Crippen LogP) is 2.57. The van der Waals surface area contributed by atoms with Crippen molar-refractivity contribution in [3.05, 3.63) is 35.9 Å². The summed E-state index contributed by atoms with van der Waals surface area (Å²) >= 11 is 5.88. The normalized spacial score (nSPS) is 13.8. The van der Waals surface area contributed by atoms with E-state index in [1.54, 1.807) is 7.11 Å². The Hall–Kier alpha value is -1.06. The molecule has 0 bridgehead atoms. The highest BCUT2D eigenvalue weighted by Gasteiger charge is 2.15. The van der Waals surface area contributed by atoms with Crippen molar-refractivity contribution in [3.8, 4) is 0 Å². The molecule has 1 rings (SSSR count). The van der Waals surface area contributed by atoms with Gasteiger partial charge in [-0.15, -0.1) is 0 Å². The van der Waals surface area contributed by atoms with Gasteiger partial charge in [-0.1, -0.05) is 47.1 Å². The molecule has 0 saturated carbocycles. The zero-order valence-corrected chi connectivity index (χ0v) is 8.86. The summed E-state index contributed by atoms with van der Waals surface area (Å²) in [5.74, 6) is 0. The standard InChI is InChI=1S/C10H12ClNO2/c1-13-9(10(11)12-14-2)8-6-4-3-5-7-8/h3-7,9H,1-2H3/b12-10-. The molecule has 0 spiro atoms. The first-order valence-corrected chi connectivity index (χ1v) is 4.51. The Morgan fingerprint density at radius 2 is 1.93 bits per heavy atom. The molecule has 1 aromatic carbocycles. The highest BCUT2D eigenvalue weighted by molar-refractivity contribution is 6.66. The number of benzene rings is 1. The van der Waals surface area contributed by atoms with Crippen LogP contribution in [0.4, 0.5) is 0 Å². The minimum absolute atomic E-state index is 0.279. The van der Waals surface area contributed by atoms with Crippen molar-refractivity contribution in [3.63, 3.8) is 0 Å². The zero-order valence-electron chi connectivity index (χ0n) is 8.11. The van der Waals surface area contributed by atoms with Gasteiger partial charge in [0, 0.05) is 7.11 Å². The van der Waals surface area contributed by atoms with Gasteiger partial charge in [0.15, 0.2) is 5.17 Å². The maximum atomic E-state index is 5.88. The molecule has 0 radical (unpaired) electrons. The number of hydrogen-bond donors (Lipinski definition) is 0. The third kappa shape index (κ3) is 2.72. The van der Waals surface area contributed by atoms with E-state index in [1.165, 1.54) is 7.11 Å². The monoisotopic (exact) mass is 213 g/mol. The van der Waals surface area contributed by atoms with Crippen LogP contribution in [0.2, 0.25) is 0 Å². The molecule has 1 aromatic rings. The average Bonchev–Trinajstić information content (AvgIpc) is 2.21. The first kappa shape index (κ1) is 11.0. The Bertz CT molecular complexity index is 300. The van der Waals surface area contributed by atoms with Crippen LogP contribution in [0.1, 0.15) is 11.7 Å². The smallest absolute Gasteiger partial charge is 0.178 e. The molecule has 0 amide bonds. The number of rotatable bonds is 4. The Morgan fingerprint density at radius 1 is 1.29 bits per heavy atom. The second-order valence-corrected chi connectivity index (χ2v) is 3.01. The van der Waals surface area contributed by atoms with E-state index in [-0.39, 0.29) is 11.3 Å². The molecule has 1 unspecified atom stereocenters. The Labute approximate surface area is 88.3 Å². The van der Waals surface area contributed by atoms with Crippen molar-refractivity contribution in [1.82, 2.24) is 0 Å². The van der Waals surface area contributed by atoms with Crippen LogP contribution < -0.4 is 0 Å². The highest BCUT2D eigenvalue weighted by atomic mass is 35.5. The molecule has 0 aromatic heterocycles. The molecule has 3 nitrogen and oxygen atoms in total. The second kappa shape index (κ2) is 5.62. The highest BCUT2D eigenvalue weighted by Crippen LogP contribution is 2.20. The van der Waals surface area contributed by atoms with Crippen molar-refractivity contribution in [2.24, 2.45) is 5.16 Å². The lowest BCUT2D eigenvalue weighted by molar-refractivity contribution is 0.150. The molecule has 1 atom stereocenters. The van der Waals surface area contributed by atoms with Crippen molar-refractivity contribution < 1.29 is 9.57 Å². The van der Waals surface area contributed by atoms with Crippen molar-refractivity contribution in [1.29, 1.82) is 0 Å². The first-order chi connectivity index (χ1) is 6.79. The summed E-state index contributed by atoms with van der Waals surface area (Å²) in [5, 5.41) is 3.91. The summed E-state index contributed by atoms with van der Waals surface area (Å²) in [6.07, 6.45) is -0.363. The van der Waals surface area contributed by atoms with Crippen LogP contribution in [0, 0.1) is 0 Å². The molecule has 14 heavy (non-hydrogen) atoms. The lowest BCUT2D eigenvalue weighted by Crippen LogP contribution is -2.09. The number of nitrogens with zero attached hydrogens (tertiary/aromatic N) is 1. The van der Waals surface area contributed by atoms with Crippen LogP contribution in [0.25, 0.3) is 0 Å². The van der Waals surface area contributed by atoms with E-state index in [0.29, 0.717) is 0 Å². The topological polar surface area (TPSA) is 30.8 Å². The fourth-order valence-corrected chi connectivity index (χ4v) is 1.42. The SMILES string of the molecule is CO/N=C(\Cl)C(OC)c1ccccc1. The summed E-state index contributed by atoms with van der Waals surface area (Å²) < 4.78 is 5.21. The minimum atomic E-state index is -0.363. The summed E-state index contributed by atoms with van der Waals surface area (Å²) in [6.45, 7) is 0. The summed E-state index contributed by atoms with van der Waals surface area (Å²) in [6, 6.07) is 9.59. The van der Waals surface area contributed by atoms with Crippen molar-refractivity contribution in [2.45, 2.75) is 6.10 Å². The van der Waals surface area contributed by atoms with E-state index in [2.05, 4.69) is 9.99 Å². The average molecular weight is 214 g/mol. The van der Waals surface area contributed by atoms with E-state index in [0.717, 1.165) is 5.56 Å². The van der Waals surface area contributed by atoms with Gasteiger partial charge < -0.3 is 9.57 Å². The molecule has 4 heteroatoms. The fourth-order valence-electron chi connectivity index (χ4n) is 1.13. The molecule has 0 N–H and O–H groups in total. The number of hydrogen-bond acceptors (Lipinski definition) is 3. The van der Waals surface area contributed by atoms with Crippen molar-refractivity contribution >= 4 is 16.8 Å². The van der Waals surface area contributed by atoms with Gasteiger partial charge in [-0.25, -0.2) is 0 Å². The van der Waals surface area contributed by atoms with E-state index in [9.17, 15) is 0 Å². The maximum Gasteiger partial charge on any atom is 0.178 e. The van der Waals surface area contributed by atoms with Crippen LogP contribution in [0.5, 0.6) is 0 Å². The first-order valence-electron chi connectivity index (χ1n) is 4.14. The minimum Gasteiger partial charge on any atom is -0.398 e. The fraction of sp³-hybridized carbons (Fsp3) is 0.300. The molecule has 76 valence electrons. The van der Waals surface area contributed by atoms with Gasteiger partial charge in [-0.3, -0.25) is 0 Å². The lowest BCUT2D eigenvalue weighted by atomic mass is 10.1. The third-order valence-corrected chi connectivity index (χ3v) is 2.00. The van der Waals surface area contributed by atoms with Gasteiger partial charge in [0.25, 0.3) is 0 Å². The van der Waals surface area contributed by atoms with E-state index < -0.39 is 0 Å². The number of halogens is 1. The van der Waals surface area contributed by atoms with Crippen LogP contribution in [-0.2, 0) is 9.57 Å². The molecule has 0 aliphatic rings. The summed E-state index contributed by atoms with van der Waals surface area (Å²) in [4.78, 5) is 4.58. The molecule has 0 fully saturated rings. The predicted molar refractivity (Wildman–Crippen MR) is 56.5 cm³/mol. The summed E-state index contributed by atoms with van der Waals surface area (Å²) in [5.41, 5.74) is 0.945. The quantitative estimate of drug-likeness (QED) is 0.569. The maximum absolute atomic E-state index is 5.88. The summed E-state index contributed by atoms with van der Waals surface area (Å²) in [7, 11) is 3.02. The van der Waals surface area contributed by atoms with Gasteiger partial charge in [0.1, 0.15) is 13.2 Å². The molecule has 0 aliphatic carbocycles. The van der Waals surface area contributed by atoms with E-state index in [1.807, 2.05) is 30.3 Å². The number of oxime groups is 1. The van der Waals surface area contributed by atoms with E-state index in [4.69, 9.17) is 16.3 Å². The largest absolute Gasteiger partial charge is 0.398 e. The Morgan fingerprint density at radius 3 is 2.43 bits per heavy atom.